The first-order chi connectivity index (χ1) is 10.7. The van der Waals surface area contributed by atoms with E-state index in [-0.39, 0.29) is 11.9 Å². The van der Waals surface area contributed by atoms with Gasteiger partial charge in [-0.2, -0.15) is 4.98 Å². The molecule has 0 unspecified atom stereocenters. The number of amides is 1. The zero-order valence-corrected chi connectivity index (χ0v) is 12.5. The van der Waals surface area contributed by atoms with Crippen molar-refractivity contribution in [2.24, 2.45) is 0 Å². The van der Waals surface area contributed by atoms with Crippen LogP contribution in [0.1, 0.15) is 72.0 Å². The molecule has 1 aliphatic heterocycles. The SMILES string of the molecule is Cc1nc(C2CC2)oc1C(=O)N1CCCC[C@@H]1c1ncon1. The van der Waals surface area contributed by atoms with Crippen molar-refractivity contribution in [1.82, 2.24) is 20.0 Å². The summed E-state index contributed by atoms with van der Waals surface area (Å²) in [5, 5.41) is 3.91. The van der Waals surface area contributed by atoms with E-state index in [9.17, 15) is 4.79 Å². The third-order valence-electron chi connectivity index (χ3n) is 4.37. The Morgan fingerprint density at radius 3 is 2.91 bits per heavy atom. The molecule has 0 N–H and O–H groups in total. The lowest BCUT2D eigenvalue weighted by Gasteiger charge is -2.33. The number of hydrogen-bond acceptors (Lipinski definition) is 6. The van der Waals surface area contributed by atoms with Gasteiger partial charge in [-0.1, -0.05) is 5.16 Å². The van der Waals surface area contributed by atoms with E-state index >= 15 is 0 Å². The van der Waals surface area contributed by atoms with Crippen molar-refractivity contribution in [3.63, 3.8) is 0 Å². The number of aromatic nitrogens is 3. The molecule has 2 aromatic heterocycles. The van der Waals surface area contributed by atoms with Crippen LogP contribution in [0.2, 0.25) is 0 Å². The van der Waals surface area contributed by atoms with E-state index in [1.165, 1.54) is 6.39 Å². The third-order valence-corrected chi connectivity index (χ3v) is 4.37. The predicted molar refractivity (Wildman–Crippen MR) is 75.1 cm³/mol. The van der Waals surface area contributed by atoms with Crippen molar-refractivity contribution in [3.8, 4) is 0 Å². The van der Waals surface area contributed by atoms with Gasteiger partial charge < -0.3 is 13.8 Å². The highest BCUT2D eigenvalue weighted by Crippen LogP contribution is 2.40. The van der Waals surface area contributed by atoms with Crippen LogP contribution in [0.5, 0.6) is 0 Å². The molecule has 1 aliphatic carbocycles. The minimum Gasteiger partial charge on any atom is -0.435 e. The molecule has 0 radical (unpaired) electrons. The Bertz CT molecular complexity index is 675. The van der Waals surface area contributed by atoms with Gasteiger partial charge in [-0.3, -0.25) is 4.79 Å². The molecule has 1 atom stereocenters. The average molecular weight is 302 g/mol. The normalized spacial score (nSPS) is 22.0. The van der Waals surface area contributed by atoms with Gasteiger partial charge in [0.1, 0.15) is 0 Å². The summed E-state index contributed by atoms with van der Waals surface area (Å²) < 4.78 is 10.6. The van der Waals surface area contributed by atoms with E-state index < -0.39 is 0 Å². The molecule has 1 saturated carbocycles. The van der Waals surface area contributed by atoms with Crippen LogP contribution in [-0.4, -0.2) is 32.5 Å². The molecule has 0 aromatic carbocycles. The molecule has 22 heavy (non-hydrogen) atoms. The highest BCUT2D eigenvalue weighted by atomic mass is 16.5. The first kappa shape index (κ1) is 13.5. The van der Waals surface area contributed by atoms with Crippen molar-refractivity contribution < 1.29 is 13.7 Å². The van der Waals surface area contributed by atoms with Crippen LogP contribution in [-0.2, 0) is 0 Å². The van der Waals surface area contributed by atoms with Gasteiger partial charge in [0.15, 0.2) is 11.7 Å². The van der Waals surface area contributed by atoms with Crippen LogP contribution in [0.4, 0.5) is 0 Å². The smallest absolute Gasteiger partial charge is 0.292 e. The molecule has 1 saturated heterocycles. The van der Waals surface area contributed by atoms with Crippen molar-refractivity contribution in [2.45, 2.75) is 51.0 Å². The molecule has 116 valence electrons. The molecule has 3 heterocycles. The van der Waals surface area contributed by atoms with E-state index in [2.05, 4.69) is 15.1 Å². The predicted octanol–water partition coefficient (Wildman–Crippen LogP) is 2.61. The van der Waals surface area contributed by atoms with Gasteiger partial charge in [-0.25, -0.2) is 4.98 Å². The maximum atomic E-state index is 12.9. The minimum atomic E-state index is -0.145. The molecule has 7 heteroatoms. The zero-order valence-electron chi connectivity index (χ0n) is 12.5. The molecule has 2 aromatic rings. The van der Waals surface area contributed by atoms with Crippen molar-refractivity contribution >= 4 is 5.91 Å². The Hall–Kier alpha value is -2.18. The number of piperidine rings is 1. The number of oxazole rings is 1. The molecule has 2 aliphatic rings. The van der Waals surface area contributed by atoms with Crippen molar-refractivity contribution in [1.29, 1.82) is 0 Å². The summed E-state index contributed by atoms with van der Waals surface area (Å²) in [6, 6.07) is -0.145. The van der Waals surface area contributed by atoms with Crippen LogP contribution in [0.3, 0.4) is 0 Å². The Balaban J connectivity index is 1.62. The highest BCUT2D eigenvalue weighted by molar-refractivity contribution is 5.92. The maximum absolute atomic E-state index is 12.9. The minimum absolute atomic E-state index is 0.119. The van der Waals surface area contributed by atoms with Crippen LogP contribution in [0.15, 0.2) is 15.3 Å². The van der Waals surface area contributed by atoms with E-state index in [1.807, 2.05) is 6.92 Å². The number of carbonyl (C=O) groups is 1. The number of carbonyl (C=O) groups excluding carboxylic acids is 1. The second-order valence-corrected chi connectivity index (χ2v) is 6.04. The number of aryl methyl sites for hydroxylation is 1. The molecule has 0 spiro atoms. The fraction of sp³-hybridized carbons (Fsp3) is 0.600. The lowest BCUT2D eigenvalue weighted by Crippen LogP contribution is -2.39. The fourth-order valence-electron chi connectivity index (χ4n) is 3.02. The quantitative estimate of drug-likeness (QED) is 0.866. The average Bonchev–Trinajstić information content (AvgIpc) is 3.10. The Labute approximate surface area is 127 Å². The summed E-state index contributed by atoms with van der Waals surface area (Å²) in [6.45, 7) is 2.51. The molecule has 7 nitrogen and oxygen atoms in total. The molecular weight excluding hydrogens is 284 g/mol. The molecule has 4 rings (SSSR count). The van der Waals surface area contributed by atoms with E-state index in [1.54, 1.807) is 4.90 Å². The number of hydrogen-bond donors (Lipinski definition) is 0. The summed E-state index contributed by atoms with van der Waals surface area (Å²) in [6.07, 6.45) is 6.37. The van der Waals surface area contributed by atoms with Crippen LogP contribution in [0.25, 0.3) is 0 Å². The van der Waals surface area contributed by atoms with Gasteiger partial charge in [-0.05, 0) is 39.0 Å². The second-order valence-electron chi connectivity index (χ2n) is 6.04. The largest absolute Gasteiger partial charge is 0.435 e. The van der Waals surface area contributed by atoms with Crippen LogP contribution in [0, 0.1) is 6.92 Å². The molecule has 0 bridgehead atoms. The standard InChI is InChI=1S/C15H18N4O3/c1-9-12(22-14(17-9)10-5-6-10)15(20)19-7-3-2-4-11(19)13-16-8-21-18-13/h8,10-11H,2-7H2,1H3/t11-/m1/s1. The summed E-state index contributed by atoms with van der Waals surface area (Å²) in [5.74, 6) is 1.90. The summed E-state index contributed by atoms with van der Waals surface area (Å²) >= 11 is 0. The van der Waals surface area contributed by atoms with Crippen molar-refractivity contribution in [3.05, 3.63) is 29.6 Å². The maximum Gasteiger partial charge on any atom is 0.292 e. The van der Waals surface area contributed by atoms with Gasteiger partial charge in [0, 0.05) is 12.5 Å². The highest BCUT2D eigenvalue weighted by Gasteiger charge is 2.36. The fourth-order valence-corrected chi connectivity index (χ4v) is 3.02. The topological polar surface area (TPSA) is 85.3 Å². The second kappa shape index (κ2) is 5.23. The summed E-state index contributed by atoms with van der Waals surface area (Å²) in [7, 11) is 0. The van der Waals surface area contributed by atoms with Gasteiger partial charge in [0.05, 0.1) is 11.7 Å². The third kappa shape index (κ3) is 2.30. The van der Waals surface area contributed by atoms with Crippen molar-refractivity contribution in [2.75, 3.05) is 6.54 Å². The number of rotatable bonds is 3. The lowest BCUT2D eigenvalue weighted by molar-refractivity contribution is 0.0561. The first-order valence-corrected chi connectivity index (χ1v) is 7.78. The van der Waals surface area contributed by atoms with E-state index in [4.69, 9.17) is 8.94 Å². The Morgan fingerprint density at radius 1 is 1.32 bits per heavy atom. The van der Waals surface area contributed by atoms with Crippen LogP contribution < -0.4 is 0 Å². The van der Waals surface area contributed by atoms with Crippen LogP contribution >= 0.6 is 0 Å². The van der Waals surface area contributed by atoms with Gasteiger partial charge in [0.2, 0.25) is 12.2 Å². The van der Waals surface area contributed by atoms with Gasteiger partial charge >= 0.3 is 0 Å². The molecule has 1 amide bonds. The van der Waals surface area contributed by atoms with Gasteiger partial charge in [0.25, 0.3) is 5.91 Å². The number of nitrogens with zero attached hydrogens (tertiary/aromatic N) is 4. The summed E-state index contributed by atoms with van der Waals surface area (Å²) in [4.78, 5) is 23.2. The Morgan fingerprint density at radius 2 is 2.18 bits per heavy atom. The molecular formula is C15H18N4O3. The summed E-state index contributed by atoms with van der Waals surface area (Å²) in [5.41, 5.74) is 0.671. The van der Waals surface area contributed by atoms with E-state index in [0.29, 0.717) is 35.6 Å². The number of likely N-dealkylation sites (tertiary alicyclic amines) is 1. The molecule has 2 fully saturated rings. The van der Waals surface area contributed by atoms with E-state index in [0.717, 1.165) is 32.1 Å². The first-order valence-electron chi connectivity index (χ1n) is 7.78. The lowest BCUT2D eigenvalue weighted by atomic mass is 10.0. The van der Waals surface area contributed by atoms with Gasteiger partial charge in [-0.15, -0.1) is 0 Å². The zero-order chi connectivity index (χ0) is 15.1. The Kier molecular flexibility index (Phi) is 3.20. The monoisotopic (exact) mass is 302 g/mol.